The Balaban J connectivity index is 0.00000245. The van der Waals surface area contributed by atoms with Crippen molar-refractivity contribution < 1.29 is 23.5 Å². The van der Waals surface area contributed by atoms with Gasteiger partial charge < -0.3 is 23.5 Å². The van der Waals surface area contributed by atoms with Crippen molar-refractivity contribution in [2.24, 2.45) is 5.41 Å². The summed E-state index contributed by atoms with van der Waals surface area (Å²) in [5.41, 5.74) is 2.91. The van der Waals surface area contributed by atoms with Gasteiger partial charge in [0.1, 0.15) is 12.4 Å². The summed E-state index contributed by atoms with van der Waals surface area (Å²) < 4.78 is 36.4. The van der Waals surface area contributed by atoms with Crippen LogP contribution in [0.2, 0.25) is 0 Å². The van der Waals surface area contributed by atoms with Crippen molar-refractivity contribution in [2.45, 2.75) is 37.2 Å². The van der Waals surface area contributed by atoms with E-state index in [0.29, 0.717) is 43.8 Å². The Bertz CT molecular complexity index is 1040. The van der Waals surface area contributed by atoms with Gasteiger partial charge in [0.05, 0.1) is 42.0 Å². The van der Waals surface area contributed by atoms with Crippen LogP contribution in [-0.2, 0) is 31.1 Å². The number of hydrogen-bond acceptors (Lipinski definition) is 7. The first-order valence-electron chi connectivity index (χ1n) is 10.3. The van der Waals surface area contributed by atoms with Gasteiger partial charge in [-0.2, -0.15) is 4.98 Å². The van der Waals surface area contributed by atoms with Gasteiger partial charge in [-0.3, -0.25) is 9.97 Å². The number of aromatic nitrogens is 3. The first-order chi connectivity index (χ1) is 15.0. The van der Waals surface area contributed by atoms with E-state index in [4.69, 9.17) is 18.9 Å². The second-order valence-electron chi connectivity index (χ2n) is 8.12. The predicted molar refractivity (Wildman–Crippen MR) is 121 cm³/mol. The summed E-state index contributed by atoms with van der Waals surface area (Å²) in [6.45, 7) is 5.92. The van der Waals surface area contributed by atoms with Crippen LogP contribution in [0.5, 0.6) is 5.75 Å². The monoisotopic (exact) mass is 467 g/mol. The number of para-hydroxylation sites is 2. The first-order valence-corrected chi connectivity index (χ1v) is 11.7. The zero-order valence-corrected chi connectivity index (χ0v) is 18.4. The molecule has 1 N–H and O–H groups in total. The molecular weight excluding hydrogens is 441 g/mol. The fourth-order valence-corrected chi connectivity index (χ4v) is 4.89. The van der Waals surface area contributed by atoms with E-state index in [1.807, 2.05) is 44.2 Å². The van der Waals surface area contributed by atoms with E-state index in [9.17, 15) is 4.55 Å². The molecule has 10 heteroatoms. The van der Waals surface area contributed by atoms with Crippen LogP contribution >= 0.6 is 0 Å². The molecule has 32 heavy (non-hydrogen) atoms. The molecule has 3 aromatic rings. The molecule has 3 aliphatic heterocycles. The maximum absolute atomic E-state index is 12.9. The summed E-state index contributed by atoms with van der Waals surface area (Å²) in [5.74, 6) is 0.0729. The molecule has 3 aliphatic rings. The van der Waals surface area contributed by atoms with Gasteiger partial charge in [0, 0.05) is 29.4 Å². The SMILES string of the molecule is CCC12OCC(COc3ccnc(C[S+]([O-])c4nc5ccccc5[nH]4)c3C)(CO1)CO2.[NaH]. The Hall–Kier alpha value is -1.17. The molecular formula is C22H26N3NaO5S. The predicted octanol–water partition coefficient (Wildman–Crippen LogP) is 2.43. The third-order valence-electron chi connectivity index (χ3n) is 5.87. The molecule has 2 bridgehead atoms. The van der Waals surface area contributed by atoms with Crippen molar-refractivity contribution in [1.29, 1.82) is 0 Å². The van der Waals surface area contributed by atoms with E-state index in [0.717, 1.165) is 22.3 Å². The minimum absolute atomic E-state index is 0. The molecule has 166 valence electrons. The Labute approximate surface area is 211 Å². The van der Waals surface area contributed by atoms with Crippen LogP contribution in [0.3, 0.4) is 0 Å². The second-order valence-corrected chi connectivity index (χ2v) is 9.49. The average Bonchev–Trinajstić information content (AvgIpc) is 3.25. The van der Waals surface area contributed by atoms with E-state index in [1.54, 1.807) is 6.20 Å². The van der Waals surface area contributed by atoms with Gasteiger partial charge in [0.2, 0.25) is 0 Å². The van der Waals surface area contributed by atoms with Crippen molar-refractivity contribution in [2.75, 3.05) is 26.4 Å². The Morgan fingerprint density at radius 1 is 1.16 bits per heavy atom. The Morgan fingerprint density at radius 3 is 2.56 bits per heavy atom. The van der Waals surface area contributed by atoms with E-state index < -0.39 is 17.1 Å². The molecule has 1 unspecified atom stereocenters. The summed E-state index contributed by atoms with van der Waals surface area (Å²) in [6, 6.07) is 9.45. The molecule has 2 aromatic heterocycles. The number of hydrogen-bond donors (Lipinski definition) is 1. The van der Waals surface area contributed by atoms with Gasteiger partial charge in [0.25, 0.3) is 5.97 Å². The molecule has 0 saturated carbocycles. The molecule has 0 radical (unpaired) electrons. The van der Waals surface area contributed by atoms with Crippen LogP contribution < -0.4 is 4.74 Å². The van der Waals surface area contributed by atoms with Gasteiger partial charge in [-0.25, -0.2) is 0 Å². The summed E-state index contributed by atoms with van der Waals surface area (Å²) in [5, 5.41) is 0.447. The maximum atomic E-state index is 12.9. The van der Waals surface area contributed by atoms with Crippen molar-refractivity contribution in [3.8, 4) is 5.75 Å². The molecule has 5 heterocycles. The zero-order valence-electron chi connectivity index (χ0n) is 17.6. The van der Waals surface area contributed by atoms with E-state index in [-0.39, 0.29) is 40.7 Å². The number of pyridine rings is 1. The van der Waals surface area contributed by atoms with E-state index in [1.165, 1.54) is 0 Å². The molecule has 6 rings (SSSR count). The third kappa shape index (κ3) is 4.58. The Kier molecular flexibility index (Phi) is 7.19. The number of H-pyrrole nitrogens is 1. The summed E-state index contributed by atoms with van der Waals surface area (Å²) in [6.07, 6.45) is 2.33. The first kappa shape index (κ1) is 24.0. The van der Waals surface area contributed by atoms with Crippen LogP contribution in [0, 0.1) is 12.3 Å². The van der Waals surface area contributed by atoms with Crippen molar-refractivity contribution >= 4 is 51.8 Å². The molecule has 1 aromatic carbocycles. The standard InChI is InChI=1S/C22H25N3O5S.Na.H/c1-3-22-28-12-21(13-29-22,14-30-22)11-27-19-8-9-23-18(15(19)2)10-31(26)20-24-16-6-4-5-7-17(16)25-20;;/h4-9H,3,10-14H2,1-2H3,(H,24,25);;. The van der Waals surface area contributed by atoms with Crippen LogP contribution in [-0.4, -0.2) is 81.5 Å². The van der Waals surface area contributed by atoms with Crippen molar-refractivity contribution in [3.63, 3.8) is 0 Å². The molecule has 0 spiro atoms. The van der Waals surface area contributed by atoms with Crippen LogP contribution in [0.25, 0.3) is 11.0 Å². The van der Waals surface area contributed by atoms with Crippen LogP contribution in [0.4, 0.5) is 0 Å². The number of nitrogens with zero attached hydrogens (tertiary/aromatic N) is 2. The number of fused-ring (bicyclic) bond motifs is 4. The number of rotatable bonds is 7. The van der Waals surface area contributed by atoms with Crippen LogP contribution in [0.1, 0.15) is 24.6 Å². The molecule has 3 saturated heterocycles. The van der Waals surface area contributed by atoms with E-state index in [2.05, 4.69) is 15.0 Å². The molecule has 3 fully saturated rings. The molecule has 0 amide bonds. The summed E-state index contributed by atoms with van der Waals surface area (Å²) in [7, 11) is 0. The quantitative estimate of drug-likeness (QED) is 0.421. The van der Waals surface area contributed by atoms with Gasteiger partial charge in [-0.1, -0.05) is 19.1 Å². The molecule has 1 atom stereocenters. The van der Waals surface area contributed by atoms with Crippen LogP contribution in [0.15, 0.2) is 41.7 Å². The third-order valence-corrected chi connectivity index (χ3v) is 7.03. The van der Waals surface area contributed by atoms with Crippen molar-refractivity contribution in [1.82, 2.24) is 15.0 Å². The van der Waals surface area contributed by atoms with Crippen molar-refractivity contribution in [3.05, 3.63) is 47.8 Å². The minimum atomic E-state index is -1.35. The Morgan fingerprint density at radius 2 is 1.88 bits per heavy atom. The summed E-state index contributed by atoms with van der Waals surface area (Å²) >= 11 is -1.35. The topological polar surface area (TPSA) is 102 Å². The average molecular weight is 468 g/mol. The number of benzene rings is 1. The molecule has 8 nitrogen and oxygen atoms in total. The van der Waals surface area contributed by atoms with Gasteiger partial charge in [0.15, 0.2) is 5.75 Å². The second kappa shape index (κ2) is 9.60. The fraction of sp³-hybridized carbons (Fsp3) is 0.455. The van der Waals surface area contributed by atoms with Gasteiger partial charge in [-0.05, 0) is 25.1 Å². The molecule has 0 aliphatic carbocycles. The van der Waals surface area contributed by atoms with Gasteiger partial charge in [-0.15, -0.1) is 0 Å². The van der Waals surface area contributed by atoms with E-state index >= 15 is 0 Å². The number of imidazole rings is 1. The van der Waals surface area contributed by atoms with Gasteiger partial charge >= 0.3 is 34.7 Å². The zero-order chi connectivity index (χ0) is 21.5. The fourth-order valence-electron chi connectivity index (χ4n) is 3.79. The number of ether oxygens (including phenoxy) is 4. The normalized spacial score (nSPS) is 25.5. The summed E-state index contributed by atoms with van der Waals surface area (Å²) in [4.78, 5) is 12.0. The number of nitrogens with one attached hydrogen (secondary N) is 1. The number of aromatic amines is 1.